The van der Waals surface area contributed by atoms with Crippen LogP contribution < -0.4 is 4.74 Å². The van der Waals surface area contributed by atoms with Crippen molar-refractivity contribution < 1.29 is 9.84 Å². The van der Waals surface area contributed by atoms with Crippen molar-refractivity contribution in [1.82, 2.24) is 9.78 Å². The summed E-state index contributed by atoms with van der Waals surface area (Å²) in [5.41, 5.74) is 1.85. The summed E-state index contributed by atoms with van der Waals surface area (Å²) in [6, 6.07) is 9.98. The highest BCUT2D eigenvalue weighted by molar-refractivity contribution is 5.28. The fraction of sp³-hybridized carbons (Fsp3) is 0.471. The van der Waals surface area contributed by atoms with Gasteiger partial charge in [-0.1, -0.05) is 26.0 Å². The number of hydrogen-bond donors (Lipinski definition) is 1. The summed E-state index contributed by atoms with van der Waals surface area (Å²) in [6.07, 6.45) is 3.37. The highest BCUT2D eigenvalue weighted by Gasteiger charge is 2.06. The molecule has 0 aliphatic rings. The van der Waals surface area contributed by atoms with E-state index in [1.54, 1.807) is 0 Å². The first-order valence-corrected chi connectivity index (χ1v) is 7.58. The lowest BCUT2D eigenvalue weighted by atomic mass is 10.1. The lowest BCUT2D eigenvalue weighted by Gasteiger charge is -2.10. The van der Waals surface area contributed by atoms with E-state index in [1.807, 2.05) is 48.1 Å². The normalized spacial score (nSPS) is 13.9. The Hall–Kier alpha value is -1.81. The molecule has 0 saturated heterocycles. The SMILES string of the molecule is CCC(C)n1ccc(COc2ccc([C@H](O)CC)cc2)n1. The van der Waals surface area contributed by atoms with E-state index in [1.165, 1.54) is 0 Å². The summed E-state index contributed by atoms with van der Waals surface area (Å²) in [6.45, 7) is 6.71. The van der Waals surface area contributed by atoms with Crippen LogP contribution in [0.5, 0.6) is 5.75 Å². The summed E-state index contributed by atoms with van der Waals surface area (Å²) in [4.78, 5) is 0. The molecule has 1 aromatic carbocycles. The number of rotatable bonds is 7. The van der Waals surface area contributed by atoms with E-state index in [0.717, 1.165) is 23.4 Å². The highest BCUT2D eigenvalue weighted by Crippen LogP contribution is 2.20. The van der Waals surface area contributed by atoms with Crippen LogP contribution in [0.15, 0.2) is 36.5 Å². The Kier molecular flexibility index (Phi) is 5.39. The average Bonchev–Trinajstić information content (AvgIpc) is 3.01. The monoisotopic (exact) mass is 288 g/mol. The smallest absolute Gasteiger partial charge is 0.132 e. The van der Waals surface area contributed by atoms with E-state index in [-0.39, 0.29) is 0 Å². The maximum absolute atomic E-state index is 9.75. The Morgan fingerprint density at radius 3 is 2.48 bits per heavy atom. The molecule has 0 fully saturated rings. The number of nitrogens with zero attached hydrogens (tertiary/aromatic N) is 2. The third-order valence-electron chi connectivity index (χ3n) is 3.74. The third kappa shape index (κ3) is 4.08. The van der Waals surface area contributed by atoms with E-state index >= 15 is 0 Å². The van der Waals surface area contributed by atoms with Gasteiger partial charge in [0.1, 0.15) is 12.4 Å². The van der Waals surface area contributed by atoms with Gasteiger partial charge in [-0.25, -0.2) is 0 Å². The molecule has 0 bridgehead atoms. The van der Waals surface area contributed by atoms with E-state index in [4.69, 9.17) is 4.74 Å². The first kappa shape index (κ1) is 15.6. The number of hydrogen-bond acceptors (Lipinski definition) is 3. The van der Waals surface area contributed by atoms with Crippen LogP contribution in [-0.4, -0.2) is 14.9 Å². The Balaban J connectivity index is 1.92. The van der Waals surface area contributed by atoms with Gasteiger partial charge in [-0.2, -0.15) is 5.10 Å². The second-order valence-electron chi connectivity index (χ2n) is 5.33. The predicted molar refractivity (Wildman–Crippen MR) is 83.3 cm³/mol. The molecule has 1 aromatic heterocycles. The van der Waals surface area contributed by atoms with Crippen LogP contribution >= 0.6 is 0 Å². The summed E-state index contributed by atoms with van der Waals surface area (Å²) in [7, 11) is 0. The maximum Gasteiger partial charge on any atom is 0.132 e. The minimum absolute atomic E-state index is 0.398. The van der Waals surface area contributed by atoms with Gasteiger partial charge in [0, 0.05) is 12.2 Å². The molecule has 0 spiro atoms. The second kappa shape index (κ2) is 7.27. The van der Waals surface area contributed by atoms with Crippen molar-refractivity contribution >= 4 is 0 Å². The van der Waals surface area contributed by atoms with Crippen molar-refractivity contribution in [3.05, 3.63) is 47.8 Å². The van der Waals surface area contributed by atoms with Crippen molar-refractivity contribution in [2.75, 3.05) is 0 Å². The number of ether oxygens (including phenoxy) is 1. The Morgan fingerprint density at radius 2 is 1.86 bits per heavy atom. The molecule has 0 saturated carbocycles. The molecular weight excluding hydrogens is 264 g/mol. The van der Waals surface area contributed by atoms with Gasteiger partial charge in [0.05, 0.1) is 11.8 Å². The molecule has 0 amide bonds. The molecule has 2 aromatic rings. The van der Waals surface area contributed by atoms with Crippen molar-refractivity contribution in [3.63, 3.8) is 0 Å². The Bertz CT molecular complexity index is 548. The lowest BCUT2D eigenvalue weighted by molar-refractivity contribution is 0.173. The first-order valence-electron chi connectivity index (χ1n) is 7.58. The average molecular weight is 288 g/mol. The molecule has 1 unspecified atom stereocenters. The Labute approximate surface area is 126 Å². The van der Waals surface area contributed by atoms with Crippen LogP contribution in [0.1, 0.15) is 57.0 Å². The van der Waals surface area contributed by atoms with E-state index in [0.29, 0.717) is 19.1 Å². The molecule has 4 nitrogen and oxygen atoms in total. The number of benzene rings is 1. The third-order valence-corrected chi connectivity index (χ3v) is 3.74. The first-order chi connectivity index (χ1) is 10.1. The van der Waals surface area contributed by atoms with Crippen molar-refractivity contribution in [2.45, 2.75) is 52.4 Å². The molecule has 0 aliphatic carbocycles. The molecule has 0 radical (unpaired) electrons. The van der Waals surface area contributed by atoms with Gasteiger partial charge in [0.25, 0.3) is 0 Å². The summed E-state index contributed by atoms with van der Waals surface area (Å²) in [5, 5.41) is 14.3. The van der Waals surface area contributed by atoms with Gasteiger partial charge in [-0.05, 0) is 43.5 Å². The van der Waals surface area contributed by atoms with Gasteiger partial charge in [-0.3, -0.25) is 4.68 Å². The van der Waals surface area contributed by atoms with Crippen LogP contribution in [0.4, 0.5) is 0 Å². The van der Waals surface area contributed by atoms with E-state index < -0.39 is 6.10 Å². The number of aromatic nitrogens is 2. The minimum Gasteiger partial charge on any atom is -0.487 e. The molecular formula is C17H24N2O2. The second-order valence-corrected chi connectivity index (χ2v) is 5.33. The molecule has 0 aliphatic heterocycles. The highest BCUT2D eigenvalue weighted by atomic mass is 16.5. The van der Waals surface area contributed by atoms with E-state index in [9.17, 15) is 5.11 Å². The van der Waals surface area contributed by atoms with Crippen molar-refractivity contribution in [2.24, 2.45) is 0 Å². The molecule has 114 valence electrons. The molecule has 1 heterocycles. The van der Waals surface area contributed by atoms with Crippen molar-refractivity contribution in [1.29, 1.82) is 0 Å². The van der Waals surface area contributed by atoms with Gasteiger partial charge >= 0.3 is 0 Å². The topological polar surface area (TPSA) is 47.3 Å². The van der Waals surface area contributed by atoms with E-state index in [2.05, 4.69) is 18.9 Å². The molecule has 21 heavy (non-hydrogen) atoms. The number of aliphatic hydroxyl groups is 1. The molecule has 2 atom stereocenters. The summed E-state index contributed by atoms with van der Waals surface area (Å²) >= 11 is 0. The largest absolute Gasteiger partial charge is 0.487 e. The zero-order valence-corrected chi connectivity index (χ0v) is 13.0. The quantitative estimate of drug-likeness (QED) is 0.841. The predicted octanol–water partition coefficient (Wildman–Crippen LogP) is 3.88. The van der Waals surface area contributed by atoms with Crippen LogP contribution in [0, 0.1) is 0 Å². The maximum atomic E-state index is 9.75. The van der Waals surface area contributed by atoms with Gasteiger partial charge in [0.2, 0.25) is 0 Å². The minimum atomic E-state index is -0.398. The molecule has 1 N–H and O–H groups in total. The standard InChI is InChI=1S/C17H24N2O2/c1-4-13(3)19-11-10-15(18-19)12-21-16-8-6-14(7-9-16)17(20)5-2/h6-11,13,17,20H,4-5,12H2,1-3H3/t13?,17-/m1/s1. The molecule has 4 heteroatoms. The van der Waals surface area contributed by atoms with Gasteiger partial charge in [0.15, 0.2) is 0 Å². The Morgan fingerprint density at radius 1 is 1.14 bits per heavy atom. The van der Waals surface area contributed by atoms with Crippen molar-refractivity contribution in [3.8, 4) is 5.75 Å². The summed E-state index contributed by atoms with van der Waals surface area (Å²) < 4.78 is 7.70. The summed E-state index contributed by atoms with van der Waals surface area (Å²) in [5.74, 6) is 0.792. The van der Waals surface area contributed by atoms with Crippen LogP contribution in [0.2, 0.25) is 0 Å². The zero-order valence-electron chi connectivity index (χ0n) is 13.0. The zero-order chi connectivity index (χ0) is 15.2. The number of aliphatic hydroxyl groups excluding tert-OH is 1. The van der Waals surface area contributed by atoms with Crippen LogP contribution in [-0.2, 0) is 6.61 Å². The molecule has 2 rings (SSSR count). The fourth-order valence-electron chi connectivity index (χ4n) is 2.07. The van der Waals surface area contributed by atoms with Crippen LogP contribution in [0.25, 0.3) is 0 Å². The fourth-order valence-corrected chi connectivity index (χ4v) is 2.07. The lowest BCUT2D eigenvalue weighted by Crippen LogP contribution is -2.05. The van der Waals surface area contributed by atoms with Crippen LogP contribution in [0.3, 0.4) is 0 Å². The van der Waals surface area contributed by atoms with Gasteiger partial charge < -0.3 is 9.84 Å². The van der Waals surface area contributed by atoms with Gasteiger partial charge in [-0.15, -0.1) is 0 Å².